The topological polar surface area (TPSA) is 12.0 Å². The van der Waals surface area contributed by atoms with E-state index in [4.69, 9.17) is 11.6 Å². The molecule has 0 atom stereocenters. The maximum Gasteiger partial charge on any atom is 0.123 e. The van der Waals surface area contributed by atoms with Gasteiger partial charge in [-0.25, -0.2) is 4.39 Å². The van der Waals surface area contributed by atoms with E-state index in [0.717, 1.165) is 21.7 Å². The van der Waals surface area contributed by atoms with Gasteiger partial charge < -0.3 is 5.32 Å². The zero-order valence-electron chi connectivity index (χ0n) is 9.50. The third-order valence-corrected chi connectivity index (χ3v) is 2.94. The summed E-state index contributed by atoms with van der Waals surface area (Å²) in [6, 6.07) is 12.3. The Morgan fingerprint density at radius 3 is 2.59 bits per heavy atom. The van der Waals surface area contributed by atoms with E-state index in [-0.39, 0.29) is 5.82 Å². The Kier molecular flexibility index (Phi) is 3.77. The Balaban J connectivity index is 2.42. The minimum Gasteiger partial charge on any atom is -0.316 e. The van der Waals surface area contributed by atoms with E-state index in [2.05, 4.69) is 5.32 Å². The highest BCUT2D eigenvalue weighted by molar-refractivity contribution is 6.31. The minimum absolute atomic E-state index is 0.229. The second kappa shape index (κ2) is 5.30. The van der Waals surface area contributed by atoms with Gasteiger partial charge in [-0.15, -0.1) is 0 Å². The summed E-state index contributed by atoms with van der Waals surface area (Å²) in [5.74, 6) is -0.229. The standard InChI is InChI=1S/C14H13ClFN/c1-17-9-12-7-11(5-6-14(12)15)10-3-2-4-13(16)8-10/h2-8,17H,9H2,1H3. The number of nitrogens with one attached hydrogen (secondary N) is 1. The van der Waals surface area contributed by atoms with Crippen LogP contribution < -0.4 is 5.32 Å². The molecule has 3 heteroatoms. The number of halogens is 2. The molecule has 0 heterocycles. The van der Waals surface area contributed by atoms with Gasteiger partial charge in [-0.2, -0.15) is 0 Å². The van der Waals surface area contributed by atoms with E-state index >= 15 is 0 Å². The molecule has 1 N–H and O–H groups in total. The van der Waals surface area contributed by atoms with Crippen LogP contribution in [0.1, 0.15) is 5.56 Å². The van der Waals surface area contributed by atoms with Gasteiger partial charge in [0.15, 0.2) is 0 Å². The van der Waals surface area contributed by atoms with E-state index in [0.29, 0.717) is 6.54 Å². The maximum atomic E-state index is 13.1. The summed E-state index contributed by atoms with van der Waals surface area (Å²) in [7, 11) is 1.87. The van der Waals surface area contributed by atoms with Gasteiger partial charge in [-0.3, -0.25) is 0 Å². The fourth-order valence-corrected chi connectivity index (χ4v) is 1.93. The number of benzene rings is 2. The van der Waals surface area contributed by atoms with Crippen molar-refractivity contribution in [2.24, 2.45) is 0 Å². The average molecular weight is 250 g/mol. The maximum absolute atomic E-state index is 13.1. The molecular weight excluding hydrogens is 237 g/mol. The molecule has 0 bridgehead atoms. The normalized spacial score (nSPS) is 10.5. The van der Waals surface area contributed by atoms with Crippen LogP contribution in [-0.2, 0) is 6.54 Å². The molecule has 0 saturated heterocycles. The van der Waals surface area contributed by atoms with Gasteiger partial charge in [0.05, 0.1) is 0 Å². The van der Waals surface area contributed by atoms with Crippen molar-refractivity contribution in [2.45, 2.75) is 6.54 Å². The van der Waals surface area contributed by atoms with E-state index < -0.39 is 0 Å². The van der Waals surface area contributed by atoms with Crippen molar-refractivity contribution in [1.82, 2.24) is 5.32 Å². The first-order valence-corrected chi connectivity index (χ1v) is 5.77. The van der Waals surface area contributed by atoms with Crippen LogP contribution in [0.5, 0.6) is 0 Å². The van der Waals surface area contributed by atoms with E-state index in [1.807, 2.05) is 31.3 Å². The molecule has 0 saturated carbocycles. The van der Waals surface area contributed by atoms with Crippen molar-refractivity contribution in [1.29, 1.82) is 0 Å². The lowest BCUT2D eigenvalue weighted by molar-refractivity contribution is 0.628. The zero-order chi connectivity index (χ0) is 12.3. The molecule has 0 amide bonds. The van der Waals surface area contributed by atoms with Crippen LogP contribution in [0.15, 0.2) is 42.5 Å². The number of rotatable bonds is 3. The second-order valence-electron chi connectivity index (χ2n) is 3.85. The van der Waals surface area contributed by atoms with Crippen LogP contribution in [0, 0.1) is 5.82 Å². The van der Waals surface area contributed by atoms with Crippen molar-refractivity contribution in [2.75, 3.05) is 7.05 Å². The average Bonchev–Trinajstić information content (AvgIpc) is 2.32. The largest absolute Gasteiger partial charge is 0.316 e. The highest BCUT2D eigenvalue weighted by Gasteiger charge is 2.04. The van der Waals surface area contributed by atoms with Crippen LogP contribution in [0.25, 0.3) is 11.1 Å². The van der Waals surface area contributed by atoms with E-state index in [1.54, 1.807) is 6.07 Å². The molecule has 2 aromatic carbocycles. The molecule has 0 spiro atoms. The smallest absolute Gasteiger partial charge is 0.123 e. The minimum atomic E-state index is -0.229. The monoisotopic (exact) mass is 249 g/mol. The molecule has 0 aliphatic rings. The molecular formula is C14H13ClFN. The molecule has 0 fully saturated rings. The first-order valence-electron chi connectivity index (χ1n) is 5.39. The lowest BCUT2D eigenvalue weighted by Crippen LogP contribution is -2.05. The lowest BCUT2D eigenvalue weighted by atomic mass is 10.0. The van der Waals surface area contributed by atoms with Gasteiger partial charge in [0.2, 0.25) is 0 Å². The number of hydrogen-bond donors (Lipinski definition) is 1. The second-order valence-corrected chi connectivity index (χ2v) is 4.25. The SMILES string of the molecule is CNCc1cc(-c2cccc(F)c2)ccc1Cl. The van der Waals surface area contributed by atoms with E-state index in [1.165, 1.54) is 12.1 Å². The predicted molar refractivity (Wildman–Crippen MR) is 69.6 cm³/mol. The fourth-order valence-electron chi connectivity index (χ4n) is 1.75. The van der Waals surface area contributed by atoms with Gasteiger partial charge in [-0.1, -0.05) is 29.8 Å². The van der Waals surface area contributed by atoms with Crippen molar-refractivity contribution < 1.29 is 4.39 Å². The third kappa shape index (κ3) is 2.84. The molecule has 1 nitrogen and oxygen atoms in total. The number of hydrogen-bond acceptors (Lipinski definition) is 1. The summed E-state index contributed by atoms with van der Waals surface area (Å²) in [4.78, 5) is 0. The Hall–Kier alpha value is -1.38. The third-order valence-electron chi connectivity index (χ3n) is 2.57. The molecule has 88 valence electrons. The van der Waals surface area contributed by atoms with Gasteiger partial charge in [-0.05, 0) is 48.0 Å². The molecule has 17 heavy (non-hydrogen) atoms. The molecule has 0 aliphatic carbocycles. The first kappa shape index (κ1) is 12.1. The summed E-state index contributed by atoms with van der Waals surface area (Å²) in [5.41, 5.74) is 2.84. The molecule has 0 unspecified atom stereocenters. The van der Waals surface area contributed by atoms with Crippen molar-refractivity contribution in [3.63, 3.8) is 0 Å². The fraction of sp³-hybridized carbons (Fsp3) is 0.143. The summed E-state index contributed by atoms with van der Waals surface area (Å²) >= 11 is 6.08. The summed E-state index contributed by atoms with van der Waals surface area (Å²) in [6.45, 7) is 0.696. The Labute approximate surface area is 105 Å². The summed E-state index contributed by atoms with van der Waals surface area (Å²) in [6.07, 6.45) is 0. The van der Waals surface area contributed by atoms with Crippen molar-refractivity contribution in [3.8, 4) is 11.1 Å². The van der Waals surface area contributed by atoms with Crippen LogP contribution in [0.2, 0.25) is 5.02 Å². The molecule has 2 aromatic rings. The predicted octanol–water partition coefficient (Wildman–Crippen LogP) is 3.87. The molecule has 2 rings (SSSR count). The zero-order valence-corrected chi connectivity index (χ0v) is 10.3. The van der Waals surface area contributed by atoms with Crippen molar-refractivity contribution in [3.05, 3.63) is 58.9 Å². The van der Waals surface area contributed by atoms with Crippen LogP contribution >= 0.6 is 11.6 Å². The molecule has 0 aliphatic heterocycles. The lowest BCUT2D eigenvalue weighted by Gasteiger charge is -2.07. The first-order chi connectivity index (χ1) is 8.20. The quantitative estimate of drug-likeness (QED) is 0.871. The Morgan fingerprint density at radius 1 is 1.12 bits per heavy atom. The van der Waals surface area contributed by atoms with Gasteiger partial charge in [0, 0.05) is 11.6 Å². The van der Waals surface area contributed by atoms with E-state index in [9.17, 15) is 4.39 Å². The van der Waals surface area contributed by atoms with Crippen LogP contribution in [0.4, 0.5) is 4.39 Å². The highest BCUT2D eigenvalue weighted by atomic mass is 35.5. The molecule has 0 aromatic heterocycles. The van der Waals surface area contributed by atoms with Gasteiger partial charge in [0.25, 0.3) is 0 Å². The van der Waals surface area contributed by atoms with Crippen molar-refractivity contribution >= 4 is 11.6 Å². The summed E-state index contributed by atoms with van der Waals surface area (Å²) in [5, 5.41) is 3.78. The van der Waals surface area contributed by atoms with Gasteiger partial charge in [0.1, 0.15) is 5.82 Å². The summed E-state index contributed by atoms with van der Waals surface area (Å²) < 4.78 is 13.1. The molecule has 0 radical (unpaired) electrons. The van der Waals surface area contributed by atoms with Crippen LogP contribution in [-0.4, -0.2) is 7.05 Å². The van der Waals surface area contributed by atoms with Crippen LogP contribution in [0.3, 0.4) is 0 Å². The van der Waals surface area contributed by atoms with Gasteiger partial charge >= 0.3 is 0 Å². The Morgan fingerprint density at radius 2 is 1.88 bits per heavy atom. The Bertz CT molecular complexity index is 525. The highest BCUT2D eigenvalue weighted by Crippen LogP contribution is 2.25.